The van der Waals surface area contributed by atoms with Crippen LogP contribution < -0.4 is 4.90 Å². The molecule has 0 saturated heterocycles. The molecule has 0 atom stereocenters. The molecule has 1 heterocycles. The van der Waals surface area contributed by atoms with Crippen LogP contribution in [0.25, 0.3) is 11.1 Å². The van der Waals surface area contributed by atoms with Crippen LogP contribution in [0.1, 0.15) is 30.5 Å². The number of nitrogens with zero attached hydrogens (tertiary/aromatic N) is 3. The molecule has 0 radical (unpaired) electrons. The molecule has 1 N–H and O–H groups in total. The molecule has 128 valence electrons. The lowest BCUT2D eigenvalue weighted by Crippen LogP contribution is -2.22. The van der Waals surface area contributed by atoms with E-state index in [4.69, 9.17) is 5.26 Å². The van der Waals surface area contributed by atoms with Gasteiger partial charge in [-0.1, -0.05) is 12.1 Å². The molecule has 5 nitrogen and oxygen atoms in total. The Hall–Kier alpha value is -3.00. The fourth-order valence-electron chi connectivity index (χ4n) is 3.38. The number of hydrogen-bond donors (Lipinski definition) is 1. The van der Waals surface area contributed by atoms with Gasteiger partial charge in [0.1, 0.15) is 0 Å². The summed E-state index contributed by atoms with van der Waals surface area (Å²) in [5, 5.41) is 18.4. The molecule has 2 aromatic carbocycles. The summed E-state index contributed by atoms with van der Waals surface area (Å²) >= 11 is 0. The first-order valence-electron chi connectivity index (χ1n) is 8.46. The van der Waals surface area contributed by atoms with Gasteiger partial charge in [0.2, 0.25) is 0 Å². The van der Waals surface area contributed by atoms with E-state index in [-0.39, 0.29) is 0 Å². The Kier molecular flexibility index (Phi) is 4.62. The summed E-state index contributed by atoms with van der Waals surface area (Å²) in [5.41, 5.74) is 5.90. The highest BCUT2D eigenvalue weighted by Gasteiger charge is 2.26. The summed E-state index contributed by atoms with van der Waals surface area (Å²) in [6.07, 6.45) is -0.897. The minimum Gasteiger partial charge on any atom is -0.465 e. The first-order valence-corrected chi connectivity index (χ1v) is 8.46. The molecule has 3 rings (SSSR count). The monoisotopic (exact) mass is 335 g/mol. The second kappa shape index (κ2) is 6.86. The number of hydrogen-bond acceptors (Lipinski definition) is 3. The summed E-state index contributed by atoms with van der Waals surface area (Å²) < 4.78 is 0. The van der Waals surface area contributed by atoms with Crippen molar-refractivity contribution in [1.82, 2.24) is 4.90 Å². The van der Waals surface area contributed by atoms with E-state index in [1.165, 1.54) is 4.90 Å². The molecule has 0 spiro atoms. The van der Waals surface area contributed by atoms with Crippen LogP contribution in [0.2, 0.25) is 0 Å². The Morgan fingerprint density at radius 2 is 1.88 bits per heavy atom. The van der Waals surface area contributed by atoms with Crippen molar-refractivity contribution in [2.75, 3.05) is 18.0 Å². The predicted molar refractivity (Wildman–Crippen MR) is 97.4 cm³/mol. The average molecular weight is 335 g/mol. The summed E-state index contributed by atoms with van der Waals surface area (Å²) in [7, 11) is 0. The van der Waals surface area contributed by atoms with E-state index < -0.39 is 6.09 Å². The zero-order valence-corrected chi connectivity index (χ0v) is 14.5. The van der Waals surface area contributed by atoms with Crippen LogP contribution in [0.15, 0.2) is 36.4 Å². The van der Waals surface area contributed by atoms with Gasteiger partial charge in [0.15, 0.2) is 0 Å². The number of fused-ring (bicyclic) bond motifs is 1. The number of carboxylic acid groups (broad SMARTS) is 1. The maximum absolute atomic E-state index is 11.4. The van der Waals surface area contributed by atoms with Crippen molar-refractivity contribution in [1.29, 1.82) is 5.26 Å². The Morgan fingerprint density at radius 1 is 1.20 bits per heavy atom. The topological polar surface area (TPSA) is 67.6 Å². The van der Waals surface area contributed by atoms with E-state index >= 15 is 0 Å². The molecule has 2 aromatic rings. The van der Waals surface area contributed by atoms with Crippen LogP contribution in [-0.4, -0.2) is 29.2 Å². The minimum atomic E-state index is -0.897. The molecule has 1 aliphatic rings. The number of rotatable bonds is 4. The Balaban J connectivity index is 2.12. The van der Waals surface area contributed by atoms with Crippen LogP contribution in [0, 0.1) is 11.3 Å². The largest absolute Gasteiger partial charge is 0.465 e. The van der Waals surface area contributed by atoms with Crippen LogP contribution in [-0.2, 0) is 13.1 Å². The van der Waals surface area contributed by atoms with Crippen LogP contribution >= 0.6 is 0 Å². The van der Waals surface area contributed by atoms with Crippen molar-refractivity contribution in [3.8, 4) is 17.2 Å². The van der Waals surface area contributed by atoms with Gasteiger partial charge < -0.3 is 10.0 Å². The summed E-state index contributed by atoms with van der Waals surface area (Å²) in [6.45, 7) is 6.83. The standard InChI is InChI=1S/C20H21N3O2/c1-3-22(4-2)17-9-16-12-23(20(24)25)13-19(16)18(10-17)15-7-5-14(11-21)6-8-15/h5-10H,3-4,12-13H2,1-2H3,(H,24,25). The van der Waals surface area contributed by atoms with Crippen molar-refractivity contribution in [3.05, 3.63) is 53.1 Å². The Labute approximate surface area is 147 Å². The molecule has 25 heavy (non-hydrogen) atoms. The lowest BCUT2D eigenvalue weighted by molar-refractivity contribution is 0.145. The Bertz CT molecular complexity index is 833. The summed E-state index contributed by atoms with van der Waals surface area (Å²) in [5.74, 6) is 0. The van der Waals surface area contributed by atoms with Crippen molar-refractivity contribution < 1.29 is 9.90 Å². The van der Waals surface area contributed by atoms with Gasteiger partial charge in [0, 0.05) is 25.3 Å². The van der Waals surface area contributed by atoms with Crippen LogP contribution in [0.4, 0.5) is 10.5 Å². The molecule has 0 aliphatic carbocycles. The fourth-order valence-corrected chi connectivity index (χ4v) is 3.38. The molecule has 0 aromatic heterocycles. The molecular weight excluding hydrogens is 314 g/mol. The van der Waals surface area contributed by atoms with Gasteiger partial charge in [-0.15, -0.1) is 0 Å². The maximum atomic E-state index is 11.4. The second-order valence-electron chi connectivity index (χ2n) is 6.13. The maximum Gasteiger partial charge on any atom is 0.407 e. The second-order valence-corrected chi connectivity index (χ2v) is 6.13. The minimum absolute atomic E-state index is 0.401. The molecule has 0 saturated carbocycles. The number of carbonyl (C=O) groups is 1. The predicted octanol–water partition coefficient (Wildman–Crippen LogP) is 4.07. The van der Waals surface area contributed by atoms with E-state index in [1.54, 1.807) is 12.1 Å². The van der Waals surface area contributed by atoms with E-state index in [0.29, 0.717) is 18.7 Å². The normalized spacial score (nSPS) is 12.6. The molecule has 0 bridgehead atoms. The highest BCUT2D eigenvalue weighted by molar-refractivity contribution is 5.77. The van der Waals surface area contributed by atoms with Gasteiger partial charge >= 0.3 is 6.09 Å². The number of amides is 1. The van der Waals surface area contributed by atoms with Gasteiger partial charge in [-0.25, -0.2) is 4.79 Å². The zero-order chi connectivity index (χ0) is 18.0. The van der Waals surface area contributed by atoms with Gasteiger partial charge in [-0.3, -0.25) is 4.90 Å². The first-order chi connectivity index (χ1) is 12.1. The van der Waals surface area contributed by atoms with Gasteiger partial charge in [-0.2, -0.15) is 5.26 Å². The number of benzene rings is 2. The molecule has 0 unspecified atom stereocenters. The molecule has 5 heteroatoms. The lowest BCUT2D eigenvalue weighted by atomic mass is 9.95. The van der Waals surface area contributed by atoms with Crippen LogP contribution in [0.3, 0.4) is 0 Å². The highest BCUT2D eigenvalue weighted by atomic mass is 16.4. The van der Waals surface area contributed by atoms with Crippen molar-refractivity contribution in [2.24, 2.45) is 0 Å². The quantitative estimate of drug-likeness (QED) is 0.915. The fraction of sp³-hybridized carbons (Fsp3) is 0.300. The molecule has 0 fully saturated rings. The van der Waals surface area contributed by atoms with Crippen molar-refractivity contribution in [3.63, 3.8) is 0 Å². The SMILES string of the molecule is CCN(CC)c1cc2c(c(-c3ccc(C#N)cc3)c1)CN(C(=O)O)C2. The van der Waals surface area contributed by atoms with Gasteiger partial charge in [0.25, 0.3) is 0 Å². The first kappa shape index (κ1) is 16.8. The van der Waals surface area contributed by atoms with Crippen molar-refractivity contribution in [2.45, 2.75) is 26.9 Å². The van der Waals surface area contributed by atoms with Gasteiger partial charge in [-0.05, 0) is 60.4 Å². The molecule has 1 aliphatic heterocycles. The summed E-state index contributed by atoms with van der Waals surface area (Å²) in [6, 6.07) is 13.9. The molecular formula is C20H21N3O2. The Morgan fingerprint density at radius 3 is 2.44 bits per heavy atom. The smallest absolute Gasteiger partial charge is 0.407 e. The third-order valence-corrected chi connectivity index (χ3v) is 4.76. The lowest BCUT2D eigenvalue weighted by Gasteiger charge is -2.23. The van der Waals surface area contributed by atoms with Gasteiger partial charge in [0.05, 0.1) is 18.2 Å². The van der Waals surface area contributed by atoms with E-state index in [1.807, 2.05) is 12.1 Å². The zero-order valence-electron chi connectivity index (χ0n) is 14.5. The number of anilines is 1. The third-order valence-electron chi connectivity index (χ3n) is 4.76. The van der Waals surface area contributed by atoms with Crippen molar-refractivity contribution >= 4 is 11.8 Å². The average Bonchev–Trinajstić information content (AvgIpc) is 3.07. The number of nitriles is 1. The van der Waals surface area contributed by atoms with E-state index in [0.717, 1.165) is 41.0 Å². The highest BCUT2D eigenvalue weighted by Crippen LogP contribution is 2.36. The van der Waals surface area contributed by atoms with E-state index in [9.17, 15) is 9.90 Å². The van der Waals surface area contributed by atoms with Crippen LogP contribution in [0.5, 0.6) is 0 Å². The molecule has 1 amide bonds. The third kappa shape index (κ3) is 3.16. The van der Waals surface area contributed by atoms with E-state index in [2.05, 4.69) is 36.9 Å². The summed E-state index contributed by atoms with van der Waals surface area (Å²) in [4.78, 5) is 15.1.